The van der Waals surface area contributed by atoms with E-state index >= 15 is 0 Å². The summed E-state index contributed by atoms with van der Waals surface area (Å²) in [5, 5.41) is 0. The zero-order valence-corrected chi connectivity index (χ0v) is 9.21. The van der Waals surface area contributed by atoms with Crippen LogP contribution < -0.4 is 5.73 Å². The van der Waals surface area contributed by atoms with Gasteiger partial charge in [0.05, 0.1) is 11.9 Å². The Morgan fingerprint density at radius 3 is 2.53 bits per heavy atom. The minimum atomic E-state index is -0.599. The van der Waals surface area contributed by atoms with Gasteiger partial charge in [0.1, 0.15) is 17.5 Å². The maximum Gasteiger partial charge on any atom is 0.126 e. The molecule has 0 unspecified atom stereocenters. The quantitative estimate of drug-likeness (QED) is 0.856. The van der Waals surface area contributed by atoms with Crippen molar-refractivity contribution in [2.24, 2.45) is 5.73 Å². The fourth-order valence-corrected chi connectivity index (χ4v) is 1.62. The van der Waals surface area contributed by atoms with Crippen molar-refractivity contribution >= 4 is 0 Å². The van der Waals surface area contributed by atoms with E-state index in [-0.39, 0.29) is 0 Å². The molecule has 0 fully saturated rings. The van der Waals surface area contributed by atoms with Gasteiger partial charge in [0.25, 0.3) is 0 Å². The van der Waals surface area contributed by atoms with Crippen LogP contribution in [0.2, 0.25) is 0 Å². The fraction of sp³-hybridized carbons (Fsp3) is 0.250. The maximum atomic E-state index is 13.0. The average molecular weight is 237 g/mol. The summed E-state index contributed by atoms with van der Waals surface area (Å²) < 4.78 is 26.1. The molecule has 0 aliphatic rings. The minimum Gasteiger partial charge on any atom is -0.342 e. The molecule has 5 heteroatoms. The van der Waals surface area contributed by atoms with E-state index in [9.17, 15) is 8.78 Å². The van der Waals surface area contributed by atoms with E-state index in [4.69, 9.17) is 5.73 Å². The van der Waals surface area contributed by atoms with E-state index in [1.807, 2.05) is 0 Å². The number of halogens is 2. The number of nitrogens with zero attached hydrogens (tertiary/aromatic N) is 1. The van der Waals surface area contributed by atoms with Crippen molar-refractivity contribution in [3.8, 4) is 11.3 Å². The molecule has 2 rings (SSSR count). The average Bonchev–Trinajstić information content (AvgIpc) is 2.73. The van der Waals surface area contributed by atoms with Crippen molar-refractivity contribution in [3.05, 3.63) is 41.9 Å². The molecule has 0 aliphatic heterocycles. The molecule has 0 radical (unpaired) electrons. The molecule has 0 aliphatic carbocycles. The van der Waals surface area contributed by atoms with Crippen molar-refractivity contribution < 1.29 is 8.78 Å². The van der Waals surface area contributed by atoms with Gasteiger partial charge < -0.3 is 10.7 Å². The summed E-state index contributed by atoms with van der Waals surface area (Å²) in [5.41, 5.74) is 6.45. The van der Waals surface area contributed by atoms with Gasteiger partial charge in [0.15, 0.2) is 0 Å². The van der Waals surface area contributed by atoms with Gasteiger partial charge in [0.2, 0.25) is 0 Å². The van der Waals surface area contributed by atoms with Crippen LogP contribution in [0.4, 0.5) is 8.78 Å². The monoisotopic (exact) mass is 237 g/mol. The third-order valence-electron chi connectivity index (χ3n) is 2.42. The summed E-state index contributed by atoms with van der Waals surface area (Å²) in [7, 11) is 0. The number of rotatable bonds is 4. The minimum absolute atomic E-state index is 0.453. The lowest BCUT2D eigenvalue weighted by Crippen LogP contribution is -2.01. The molecule has 1 heterocycles. The molecular formula is C12H13F2N3. The van der Waals surface area contributed by atoms with Crippen LogP contribution in [0.1, 0.15) is 12.2 Å². The molecular weight excluding hydrogens is 224 g/mol. The summed E-state index contributed by atoms with van der Waals surface area (Å²) in [6.45, 7) is 0.588. The Hall–Kier alpha value is -1.75. The normalized spacial score (nSPS) is 10.8. The number of hydrogen-bond donors (Lipinski definition) is 2. The fourth-order valence-electron chi connectivity index (χ4n) is 1.62. The van der Waals surface area contributed by atoms with Gasteiger partial charge in [-0.25, -0.2) is 13.8 Å². The van der Waals surface area contributed by atoms with Gasteiger partial charge in [-0.3, -0.25) is 0 Å². The number of aromatic amines is 1. The highest BCUT2D eigenvalue weighted by Crippen LogP contribution is 2.20. The van der Waals surface area contributed by atoms with Gasteiger partial charge in [0, 0.05) is 18.1 Å². The molecule has 90 valence electrons. The predicted octanol–water partition coefficient (Wildman–Crippen LogP) is 2.25. The number of nitrogens with one attached hydrogen (secondary N) is 1. The summed E-state index contributed by atoms with van der Waals surface area (Å²) in [4.78, 5) is 7.15. The first kappa shape index (κ1) is 11.7. The lowest BCUT2D eigenvalue weighted by Gasteiger charge is -1.99. The van der Waals surface area contributed by atoms with E-state index in [1.54, 1.807) is 6.20 Å². The van der Waals surface area contributed by atoms with E-state index in [0.717, 1.165) is 24.7 Å². The first-order valence-corrected chi connectivity index (χ1v) is 5.39. The van der Waals surface area contributed by atoms with Crippen molar-refractivity contribution in [2.75, 3.05) is 6.54 Å². The Labute approximate surface area is 97.7 Å². The second kappa shape index (κ2) is 5.05. The van der Waals surface area contributed by atoms with Gasteiger partial charge in [-0.1, -0.05) is 0 Å². The van der Waals surface area contributed by atoms with E-state index in [2.05, 4.69) is 9.97 Å². The highest BCUT2D eigenvalue weighted by atomic mass is 19.1. The molecule has 0 spiro atoms. The van der Waals surface area contributed by atoms with Crippen LogP contribution in [0.15, 0.2) is 24.4 Å². The van der Waals surface area contributed by atoms with Gasteiger partial charge in [-0.15, -0.1) is 0 Å². The number of aromatic nitrogens is 2. The number of hydrogen-bond acceptors (Lipinski definition) is 2. The molecule has 1 aromatic carbocycles. The Kier molecular flexibility index (Phi) is 3.49. The molecule has 17 heavy (non-hydrogen) atoms. The van der Waals surface area contributed by atoms with Crippen molar-refractivity contribution in [3.63, 3.8) is 0 Å². The van der Waals surface area contributed by atoms with Crippen molar-refractivity contribution in [1.29, 1.82) is 0 Å². The molecule has 0 amide bonds. The number of imidazole rings is 1. The van der Waals surface area contributed by atoms with Crippen LogP contribution in [0, 0.1) is 11.6 Å². The SMILES string of the molecule is NCCCc1ncc(-c2cc(F)cc(F)c2)[nH]1. The summed E-state index contributed by atoms with van der Waals surface area (Å²) in [6, 6.07) is 3.38. The standard InChI is InChI=1S/C12H13F2N3/c13-9-4-8(5-10(14)6-9)11-7-16-12(17-11)2-1-3-15/h4-7H,1-3,15H2,(H,16,17). The topological polar surface area (TPSA) is 54.7 Å². The van der Waals surface area contributed by atoms with E-state index < -0.39 is 11.6 Å². The molecule has 0 saturated carbocycles. The Bertz CT molecular complexity index is 488. The summed E-state index contributed by atoms with van der Waals surface area (Å²) >= 11 is 0. The van der Waals surface area contributed by atoms with Gasteiger partial charge in [-0.2, -0.15) is 0 Å². The van der Waals surface area contributed by atoms with Crippen molar-refractivity contribution in [2.45, 2.75) is 12.8 Å². The zero-order valence-electron chi connectivity index (χ0n) is 9.21. The Morgan fingerprint density at radius 2 is 1.88 bits per heavy atom. The van der Waals surface area contributed by atoms with Crippen LogP contribution in [-0.2, 0) is 6.42 Å². The zero-order chi connectivity index (χ0) is 12.3. The number of benzene rings is 1. The molecule has 1 aromatic heterocycles. The van der Waals surface area contributed by atoms with Crippen LogP contribution in [0.3, 0.4) is 0 Å². The van der Waals surface area contributed by atoms with E-state index in [0.29, 0.717) is 17.8 Å². The van der Waals surface area contributed by atoms with Crippen LogP contribution in [0.25, 0.3) is 11.3 Å². The highest BCUT2D eigenvalue weighted by molar-refractivity contribution is 5.58. The second-order valence-electron chi connectivity index (χ2n) is 3.79. The van der Waals surface area contributed by atoms with Crippen LogP contribution in [-0.4, -0.2) is 16.5 Å². The Balaban J connectivity index is 2.24. The molecule has 2 aromatic rings. The molecule has 0 bridgehead atoms. The largest absolute Gasteiger partial charge is 0.342 e. The summed E-state index contributed by atoms with van der Waals surface area (Å²) in [5.74, 6) is -0.425. The maximum absolute atomic E-state index is 13.0. The molecule has 3 N–H and O–H groups in total. The molecule has 3 nitrogen and oxygen atoms in total. The van der Waals surface area contributed by atoms with Crippen LogP contribution >= 0.6 is 0 Å². The number of aryl methyl sites for hydroxylation is 1. The van der Waals surface area contributed by atoms with Gasteiger partial charge >= 0.3 is 0 Å². The summed E-state index contributed by atoms with van der Waals surface area (Å²) in [6.07, 6.45) is 3.12. The first-order valence-electron chi connectivity index (χ1n) is 5.39. The second-order valence-corrected chi connectivity index (χ2v) is 3.79. The number of nitrogens with two attached hydrogens (primary N) is 1. The third-order valence-corrected chi connectivity index (χ3v) is 2.42. The van der Waals surface area contributed by atoms with E-state index in [1.165, 1.54) is 12.1 Å². The molecule has 0 saturated heterocycles. The van der Waals surface area contributed by atoms with Crippen molar-refractivity contribution in [1.82, 2.24) is 9.97 Å². The third kappa shape index (κ3) is 2.88. The van der Waals surface area contributed by atoms with Gasteiger partial charge in [-0.05, 0) is 25.1 Å². The lowest BCUT2D eigenvalue weighted by molar-refractivity contribution is 0.584. The smallest absolute Gasteiger partial charge is 0.126 e. The highest BCUT2D eigenvalue weighted by Gasteiger charge is 2.06. The molecule has 0 atom stereocenters. The lowest BCUT2D eigenvalue weighted by atomic mass is 10.1. The first-order chi connectivity index (χ1) is 8.19. The van der Waals surface area contributed by atoms with Crippen LogP contribution in [0.5, 0.6) is 0 Å². The predicted molar refractivity (Wildman–Crippen MR) is 61.3 cm³/mol. The number of H-pyrrole nitrogens is 1. The Morgan fingerprint density at radius 1 is 1.18 bits per heavy atom.